The molecule has 2 heterocycles. The zero-order chi connectivity index (χ0) is 12.8. The lowest BCUT2D eigenvalue weighted by Crippen LogP contribution is -1.99. The van der Waals surface area contributed by atoms with E-state index in [4.69, 9.17) is 5.11 Å². The van der Waals surface area contributed by atoms with Crippen molar-refractivity contribution in [3.8, 4) is 0 Å². The van der Waals surface area contributed by atoms with E-state index in [1.54, 1.807) is 24.3 Å². The van der Waals surface area contributed by atoms with Gasteiger partial charge in [-0.25, -0.2) is 9.97 Å². The highest BCUT2D eigenvalue weighted by atomic mass is 32.2. The number of aryl methyl sites for hydroxylation is 1. The SMILES string of the molecule is O=C(O)Cc1csc(SCCCn2ccnc2)n1. The van der Waals surface area contributed by atoms with Crippen LogP contribution in [0, 0.1) is 0 Å². The third-order valence-electron chi connectivity index (χ3n) is 2.21. The molecular formula is C11H13N3O2S2. The number of aromatic nitrogens is 3. The summed E-state index contributed by atoms with van der Waals surface area (Å²) >= 11 is 3.18. The van der Waals surface area contributed by atoms with Gasteiger partial charge in [-0.1, -0.05) is 11.8 Å². The van der Waals surface area contributed by atoms with Gasteiger partial charge in [0.05, 0.1) is 18.4 Å². The first-order chi connectivity index (χ1) is 8.74. The summed E-state index contributed by atoms with van der Waals surface area (Å²) in [5.41, 5.74) is 0.643. The van der Waals surface area contributed by atoms with Gasteiger partial charge in [0.2, 0.25) is 0 Å². The standard InChI is InChI=1S/C11H13N3O2S2/c15-10(16)6-9-7-18-11(13-9)17-5-1-3-14-4-2-12-8-14/h2,4,7-8H,1,3,5-6H2,(H,15,16). The van der Waals surface area contributed by atoms with Gasteiger partial charge in [0.15, 0.2) is 0 Å². The van der Waals surface area contributed by atoms with Gasteiger partial charge < -0.3 is 9.67 Å². The second kappa shape index (κ2) is 6.55. The van der Waals surface area contributed by atoms with Crippen LogP contribution in [0.15, 0.2) is 28.4 Å². The van der Waals surface area contributed by atoms with Gasteiger partial charge in [0, 0.05) is 30.1 Å². The van der Waals surface area contributed by atoms with E-state index >= 15 is 0 Å². The monoisotopic (exact) mass is 283 g/mol. The fraction of sp³-hybridized carbons (Fsp3) is 0.364. The third-order valence-corrected chi connectivity index (χ3v) is 4.36. The number of imidazole rings is 1. The Labute approximate surface area is 113 Å². The van der Waals surface area contributed by atoms with Crippen LogP contribution in [-0.2, 0) is 17.8 Å². The summed E-state index contributed by atoms with van der Waals surface area (Å²) in [6, 6.07) is 0. The Balaban J connectivity index is 1.70. The van der Waals surface area contributed by atoms with Crippen molar-refractivity contribution in [2.24, 2.45) is 0 Å². The molecule has 0 aliphatic heterocycles. The first-order valence-electron chi connectivity index (χ1n) is 5.49. The number of rotatable bonds is 7. The molecule has 0 unspecified atom stereocenters. The number of thioether (sulfide) groups is 1. The van der Waals surface area contributed by atoms with Gasteiger partial charge in [-0.2, -0.15) is 0 Å². The van der Waals surface area contributed by atoms with Crippen LogP contribution in [0.4, 0.5) is 0 Å². The Kier molecular flexibility index (Phi) is 4.77. The Morgan fingerprint density at radius 2 is 2.44 bits per heavy atom. The van der Waals surface area contributed by atoms with Crippen molar-refractivity contribution in [1.82, 2.24) is 14.5 Å². The summed E-state index contributed by atoms with van der Waals surface area (Å²) in [4.78, 5) is 18.8. The Bertz CT molecular complexity index is 496. The Hall–Kier alpha value is -1.34. The highest BCUT2D eigenvalue weighted by molar-refractivity contribution is 8.00. The van der Waals surface area contributed by atoms with Crippen LogP contribution < -0.4 is 0 Å². The number of carboxylic acid groups (broad SMARTS) is 1. The quantitative estimate of drug-likeness (QED) is 0.623. The summed E-state index contributed by atoms with van der Waals surface area (Å²) in [5, 5.41) is 10.5. The maximum atomic E-state index is 10.5. The van der Waals surface area contributed by atoms with Crippen LogP contribution in [0.1, 0.15) is 12.1 Å². The molecule has 0 saturated carbocycles. The molecule has 2 rings (SSSR count). The molecule has 0 bridgehead atoms. The zero-order valence-corrected chi connectivity index (χ0v) is 11.3. The minimum Gasteiger partial charge on any atom is -0.481 e. The molecule has 0 spiro atoms. The van der Waals surface area contributed by atoms with Crippen LogP contribution in [0.3, 0.4) is 0 Å². The number of aliphatic carboxylic acids is 1. The summed E-state index contributed by atoms with van der Waals surface area (Å²) in [6.45, 7) is 0.945. The van der Waals surface area contributed by atoms with Crippen molar-refractivity contribution < 1.29 is 9.90 Å². The van der Waals surface area contributed by atoms with E-state index in [2.05, 4.69) is 9.97 Å². The van der Waals surface area contributed by atoms with Crippen molar-refractivity contribution in [2.75, 3.05) is 5.75 Å². The van der Waals surface area contributed by atoms with Gasteiger partial charge in [0.1, 0.15) is 4.34 Å². The number of thiazole rings is 1. The molecule has 0 saturated heterocycles. The molecule has 96 valence electrons. The van der Waals surface area contributed by atoms with Crippen molar-refractivity contribution in [3.63, 3.8) is 0 Å². The van der Waals surface area contributed by atoms with Gasteiger partial charge in [-0.15, -0.1) is 11.3 Å². The van der Waals surface area contributed by atoms with Crippen molar-refractivity contribution in [3.05, 3.63) is 29.8 Å². The van der Waals surface area contributed by atoms with Gasteiger partial charge in [-0.3, -0.25) is 4.79 Å². The van der Waals surface area contributed by atoms with E-state index in [0.29, 0.717) is 5.69 Å². The minimum absolute atomic E-state index is 0.00605. The Morgan fingerprint density at radius 3 is 3.17 bits per heavy atom. The predicted molar refractivity (Wildman–Crippen MR) is 71.0 cm³/mol. The topological polar surface area (TPSA) is 68.0 Å². The van der Waals surface area contributed by atoms with Crippen LogP contribution >= 0.6 is 23.1 Å². The summed E-state index contributed by atoms with van der Waals surface area (Å²) in [6.07, 6.45) is 6.56. The van der Waals surface area contributed by atoms with Gasteiger partial charge in [-0.05, 0) is 6.42 Å². The number of carbonyl (C=O) groups is 1. The average molecular weight is 283 g/mol. The van der Waals surface area contributed by atoms with E-state index in [-0.39, 0.29) is 6.42 Å². The van der Waals surface area contributed by atoms with Crippen LogP contribution in [0.25, 0.3) is 0 Å². The highest BCUT2D eigenvalue weighted by Gasteiger charge is 2.06. The van der Waals surface area contributed by atoms with E-state index in [9.17, 15) is 4.79 Å². The van der Waals surface area contributed by atoms with Gasteiger partial charge in [0.25, 0.3) is 0 Å². The van der Waals surface area contributed by atoms with Crippen molar-refractivity contribution in [1.29, 1.82) is 0 Å². The van der Waals surface area contributed by atoms with Crippen LogP contribution in [-0.4, -0.2) is 31.4 Å². The average Bonchev–Trinajstić information content (AvgIpc) is 2.95. The lowest BCUT2D eigenvalue weighted by Gasteiger charge is -2.00. The number of hydrogen-bond donors (Lipinski definition) is 1. The largest absolute Gasteiger partial charge is 0.481 e. The Morgan fingerprint density at radius 1 is 1.56 bits per heavy atom. The molecule has 0 aliphatic carbocycles. The molecule has 0 aliphatic rings. The van der Waals surface area contributed by atoms with Crippen LogP contribution in [0.5, 0.6) is 0 Å². The molecule has 2 aromatic heterocycles. The summed E-state index contributed by atoms with van der Waals surface area (Å²) < 4.78 is 2.98. The zero-order valence-electron chi connectivity index (χ0n) is 9.65. The molecule has 0 atom stereocenters. The van der Waals surface area contributed by atoms with E-state index in [0.717, 1.165) is 23.1 Å². The number of carboxylic acids is 1. The first-order valence-corrected chi connectivity index (χ1v) is 7.35. The fourth-order valence-electron chi connectivity index (χ4n) is 1.42. The lowest BCUT2D eigenvalue weighted by atomic mass is 10.3. The second-order valence-electron chi connectivity index (χ2n) is 3.68. The molecule has 1 N–H and O–H groups in total. The van der Waals surface area contributed by atoms with E-state index in [1.807, 2.05) is 16.1 Å². The van der Waals surface area contributed by atoms with E-state index in [1.165, 1.54) is 11.3 Å². The normalized spacial score (nSPS) is 10.7. The summed E-state index contributed by atoms with van der Waals surface area (Å²) in [7, 11) is 0. The van der Waals surface area contributed by atoms with E-state index < -0.39 is 5.97 Å². The predicted octanol–water partition coefficient (Wildman–Crippen LogP) is 2.15. The first kappa shape index (κ1) is 13.1. The molecule has 18 heavy (non-hydrogen) atoms. The van der Waals surface area contributed by atoms with Crippen molar-refractivity contribution >= 4 is 29.1 Å². The maximum absolute atomic E-state index is 10.5. The van der Waals surface area contributed by atoms with Gasteiger partial charge >= 0.3 is 5.97 Å². The smallest absolute Gasteiger partial charge is 0.309 e. The molecule has 0 fully saturated rings. The molecule has 2 aromatic rings. The molecule has 0 amide bonds. The third kappa shape index (κ3) is 4.15. The molecule has 0 aromatic carbocycles. The molecule has 0 radical (unpaired) electrons. The fourth-order valence-corrected chi connectivity index (χ4v) is 3.26. The van der Waals surface area contributed by atoms with Crippen molar-refractivity contribution in [2.45, 2.75) is 23.7 Å². The highest BCUT2D eigenvalue weighted by Crippen LogP contribution is 2.23. The second-order valence-corrected chi connectivity index (χ2v) is 5.88. The number of hydrogen-bond acceptors (Lipinski definition) is 5. The minimum atomic E-state index is -0.836. The van der Waals surface area contributed by atoms with Crippen LogP contribution in [0.2, 0.25) is 0 Å². The number of nitrogens with zero attached hydrogens (tertiary/aromatic N) is 3. The molecule has 7 heteroatoms. The summed E-state index contributed by atoms with van der Waals surface area (Å²) in [5.74, 6) is 0.134. The lowest BCUT2D eigenvalue weighted by molar-refractivity contribution is -0.136. The molecule has 5 nitrogen and oxygen atoms in total. The maximum Gasteiger partial charge on any atom is 0.309 e. The molecular weight excluding hydrogens is 270 g/mol.